The van der Waals surface area contributed by atoms with Crippen molar-refractivity contribution in [3.8, 4) is 5.75 Å². The predicted octanol–water partition coefficient (Wildman–Crippen LogP) is 3.45. The zero-order valence-electron chi connectivity index (χ0n) is 10.7. The quantitative estimate of drug-likeness (QED) is 0.814. The third kappa shape index (κ3) is 3.52. The Kier molecular flexibility index (Phi) is 4.24. The highest BCUT2D eigenvalue weighted by Crippen LogP contribution is 2.14. The summed E-state index contributed by atoms with van der Waals surface area (Å²) in [6, 6.07) is 16.2. The Morgan fingerprint density at radius 1 is 1.00 bits per heavy atom. The summed E-state index contributed by atoms with van der Waals surface area (Å²) in [6.07, 6.45) is 1.94. The van der Waals surface area contributed by atoms with Crippen molar-refractivity contribution in [2.24, 2.45) is 0 Å². The third-order valence-electron chi connectivity index (χ3n) is 2.95. The first kappa shape index (κ1) is 12.5. The summed E-state index contributed by atoms with van der Waals surface area (Å²) < 4.78 is 5.75. The minimum atomic E-state index is 0.692. The molecular weight excluding hydrogens is 222 g/mol. The maximum atomic E-state index is 5.75. The van der Waals surface area contributed by atoms with Crippen LogP contribution in [0.2, 0.25) is 0 Å². The summed E-state index contributed by atoms with van der Waals surface area (Å²) in [5, 5.41) is 0. The summed E-state index contributed by atoms with van der Waals surface area (Å²) in [4.78, 5) is 0. The Morgan fingerprint density at radius 3 is 2.50 bits per heavy atom. The second-order valence-electron chi connectivity index (χ2n) is 4.34. The van der Waals surface area contributed by atoms with Gasteiger partial charge >= 0.3 is 0 Å². The number of hydrogen-bond acceptors (Lipinski definition) is 2. The van der Waals surface area contributed by atoms with E-state index >= 15 is 0 Å². The fourth-order valence-corrected chi connectivity index (χ4v) is 1.83. The number of nitrogens with two attached hydrogens (primary N) is 1. The lowest BCUT2D eigenvalue weighted by Crippen LogP contribution is -2.01. The number of aryl methyl sites for hydroxylation is 1. The molecule has 2 N–H and O–H groups in total. The summed E-state index contributed by atoms with van der Waals surface area (Å²) in [6.45, 7) is 2.84. The van der Waals surface area contributed by atoms with Crippen molar-refractivity contribution < 1.29 is 4.74 Å². The van der Waals surface area contributed by atoms with Gasteiger partial charge in [-0.15, -0.1) is 0 Å². The van der Waals surface area contributed by atoms with E-state index < -0.39 is 0 Å². The number of ether oxygens (including phenoxy) is 1. The molecule has 2 aromatic carbocycles. The summed E-state index contributed by atoms with van der Waals surface area (Å²) >= 11 is 0. The first-order chi connectivity index (χ1) is 8.78. The molecule has 2 nitrogen and oxygen atoms in total. The second-order valence-corrected chi connectivity index (χ2v) is 4.34. The molecular formula is C16H19NO. The van der Waals surface area contributed by atoms with Crippen LogP contribution in [0.15, 0.2) is 48.5 Å². The molecule has 2 heteroatoms. The first-order valence-corrected chi connectivity index (χ1v) is 6.34. The van der Waals surface area contributed by atoms with Crippen molar-refractivity contribution in [2.45, 2.75) is 19.8 Å². The topological polar surface area (TPSA) is 35.2 Å². The van der Waals surface area contributed by atoms with Crippen molar-refractivity contribution in [2.75, 3.05) is 12.3 Å². The Morgan fingerprint density at radius 2 is 1.78 bits per heavy atom. The van der Waals surface area contributed by atoms with E-state index in [-0.39, 0.29) is 0 Å². The van der Waals surface area contributed by atoms with Crippen molar-refractivity contribution in [3.05, 3.63) is 59.7 Å². The van der Waals surface area contributed by atoms with Gasteiger partial charge in [0.25, 0.3) is 0 Å². The maximum Gasteiger partial charge on any atom is 0.119 e. The van der Waals surface area contributed by atoms with Crippen LogP contribution in [0.1, 0.15) is 18.1 Å². The van der Waals surface area contributed by atoms with Crippen LogP contribution in [-0.2, 0) is 12.8 Å². The van der Waals surface area contributed by atoms with Gasteiger partial charge in [-0.1, -0.05) is 31.2 Å². The van der Waals surface area contributed by atoms with Crippen LogP contribution >= 0.6 is 0 Å². The molecule has 0 heterocycles. The van der Waals surface area contributed by atoms with E-state index in [2.05, 4.69) is 19.1 Å². The molecule has 0 aromatic heterocycles. The van der Waals surface area contributed by atoms with Gasteiger partial charge in [-0.3, -0.25) is 0 Å². The van der Waals surface area contributed by atoms with Crippen LogP contribution < -0.4 is 10.5 Å². The molecule has 2 rings (SSSR count). The van der Waals surface area contributed by atoms with Crippen LogP contribution in [0.3, 0.4) is 0 Å². The van der Waals surface area contributed by atoms with Crippen LogP contribution in [0.4, 0.5) is 5.69 Å². The predicted molar refractivity (Wildman–Crippen MR) is 75.9 cm³/mol. The van der Waals surface area contributed by atoms with E-state index in [1.54, 1.807) is 0 Å². The van der Waals surface area contributed by atoms with Crippen molar-refractivity contribution >= 4 is 5.69 Å². The molecule has 0 fully saturated rings. The van der Waals surface area contributed by atoms with Crippen LogP contribution in [0.25, 0.3) is 0 Å². The second kappa shape index (κ2) is 6.10. The third-order valence-corrected chi connectivity index (χ3v) is 2.95. The number of anilines is 1. The molecule has 0 aliphatic carbocycles. The highest BCUT2D eigenvalue weighted by atomic mass is 16.5. The minimum absolute atomic E-state index is 0.692. The molecule has 0 unspecified atom stereocenters. The molecule has 18 heavy (non-hydrogen) atoms. The average molecular weight is 241 g/mol. The number of nitrogen functional groups attached to an aromatic ring is 1. The highest BCUT2D eigenvalue weighted by Gasteiger charge is 1.97. The summed E-state index contributed by atoms with van der Waals surface area (Å²) in [7, 11) is 0. The van der Waals surface area contributed by atoms with Gasteiger partial charge < -0.3 is 10.5 Å². The molecule has 0 bridgehead atoms. The molecule has 0 aliphatic heterocycles. The van der Waals surface area contributed by atoms with Gasteiger partial charge in [-0.2, -0.15) is 0 Å². The SMILES string of the molecule is CCc1cccc(OCCc2ccc(N)cc2)c1. The Balaban J connectivity index is 1.86. The molecule has 0 saturated heterocycles. The Bertz CT molecular complexity index is 491. The van der Waals surface area contributed by atoms with Crippen LogP contribution in [0.5, 0.6) is 5.75 Å². The minimum Gasteiger partial charge on any atom is -0.493 e. The van der Waals surface area contributed by atoms with Crippen molar-refractivity contribution in [1.29, 1.82) is 0 Å². The standard InChI is InChI=1S/C16H19NO/c1-2-13-4-3-5-16(12-13)18-11-10-14-6-8-15(17)9-7-14/h3-9,12H,2,10-11,17H2,1H3. The van der Waals surface area contributed by atoms with E-state index in [1.165, 1.54) is 11.1 Å². The monoisotopic (exact) mass is 241 g/mol. The molecule has 0 atom stereocenters. The van der Waals surface area contributed by atoms with Gasteiger partial charge in [0.2, 0.25) is 0 Å². The zero-order chi connectivity index (χ0) is 12.8. The first-order valence-electron chi connectivity index (χ1n) is 6.34. The molecule has 94 valence electrons. The van der Waals surface area contributed by atoms with Crippen molar-refractivity contribution in [3.63, 3.8) is 0 Å². The number of rotatable bonds is 5. The van der Waals surface area contributed by atoms with Gasteiger partial charge in [0.15, 0.2) is 0 Å². The fourth-order valence-electron chi connectivity index (χ4n) is 1.83. The summed E-state index contributed by atoms with van der Waals surface area (Å²) in [5.74, 6) is 0.949. The smallest absolute Gasteiger partial charge is 0.119 e. The lowest BCUT2D eigenvalue weighted by Gasteiger charge is -2.07. The van der Waals surface area contributed by atoms with Gasteiger partial charge in [-0.05, 0) is 41.8 Å². The number of benzene rings is 2. The Labute approximate surface area is 108 Å². The van der Waals surface area contributed by atoms with E-state index in [9.17, 15) is 0 Å². The van der Waals surface area contributed by atoms with E-state index in [1.807, 2.05) is 36.4 Å². The van der Waals surface area contributed by atoms with Gasteiger partial charge in [-0.25, -0.2) is 0 Å². The summed E-state index contributed by atoms with van der Waals surface area (Å²) in [5.41, 5.74) is 9.00. The zero-order valence-corrected chi connectivity index (χ0v) is 10.7. The lowest BCUT2D eigenvalue weighted by atomic mass is 10.1. The highest BCUT2D eigenvalue weighted by molar-refractivity contribution is 5.39. The van der Waals surface area contributed by atoms with Gasteiger partial charge in [0.05, 0.1) is 6.61 Å². The molecule has 0 spiro atoms. The molecule has 0 aliphatic rings. The largest absolute Gasteiger partial charge is 0.493 e. The van der Waals surface area contributed by atoms with E-state index in [0.29, 0.717) is 6.61 Å². The average Bonchev–Trinajstić information content (AvgIpc) is 2.41. The maximum absolute atomic E-state index is 5.75. The molecule has 0 radical (unpaired) electrons. The normalized spacial score (nSPS) is 10.3. The Hall–Kier alpha value is -1.96. The van der Waals surface area contributed by atoms with Gasteiger partial charge in [0.1, 0.15) is 5.75 Å². The molecule has 0 amide bonds. The molecule has 2 aromatic rings. The van der Waals surface area contributed by atoms with Crippen LogP contribution in [-0.4, -0.2) is 6.61 Å². The number of hydrogen-bond donors (Lipinski definition) is 1. The van der Waals surface area contributed by atoms with Crippen molar-refractivity contribution in [1.82, 2.24) is 0 Å². The van der Waals surface area contributed by atoms with Gasteiger partial charge in [0, 0.05) is 12.1 Å². The van der Waals surface area contributed by atoms with E-state index in [4.69, 9.17) is 10.5 Å². The fraction of sp³-hybridized carbons (Fsp3) is 0.250. The lowest BCUT2D eigenvalue weighted by molar-refractivity contribution is 0.321. The van der Waals surface area contributed by atoms with E-state index in [0.717, 1.165) is 24.3 Å². The molecule has 0 saturated carbocycles. The van der Waals surface area contributed by atoms with Crippen LogP contribution in [0, 0.1) is 0 Å².